The molecule has 0 aliphatic rings. The van der Waals surface area contributed by atoms with Crippen LogP contribution in [0.4, 0.5) is 0 Å². The zero-order valence-corrected chi connectivity index (χ0v) is 41.5. The highest BCUT2D eigenvalue weighted by atomic mass is 16.4. The maximum absolute atomic E-state index is 11.9. The van der Waals surface area contributed by atoms with E-state index in [-0.39, 0.29) is 0 Å². The molecule has 0 aliphatic heterocycles. The Morgan fingerprint density at radius 1 is 0.317 bits per heavy atom. The molecule has 3 nitrogen and oxygen atoms in total. The summed E-state index contributed by atoms with van der Waals surface area (Å²) in [5, 5.41) is 20.4. The second kappa shape index (κ2) is 52.5. The third kappa shape index (κ3) is 48.2. The minimum atomic E-state index is -0.803. The number of carboxylic acids is 1. The molecule has 0 aromatic heterocycles. The molecule has 2 N–H and O–H groups in total. The average Bonchev–Trinajstić information content (AvgIpc) is 3.24. The SMILES string of the molecule is CCCCCCCCCCCCCCCC/C=C\CCCCCCCCCCCCC(O)C(CCCCCCCCCCCCCCCCCCCCCCCC)C(=O)O. The van der Waals surface area contributed by atoms with Crippen molar-refractivity contribution in [3.8, 4) is 0 Å². The fourth-order valence-electron chi connectivity index (χ4n) is 9.38. The van der Waals surface area contributed by atoms with Gasteiger partial charge < -0.3 is 10.2 Å². The first-order valence-corrected chi connectivity index (χ1v) is 28.2. The highest BCUT2D eigenvalue weighted by Crippen LogP contribution is 2.22. The van der Waals surface area contributed by atoms with Gasteiger partial charge in [-0.3, -0.25) is 4.79 Å². The highest BCUT2D eigenvalue weighted by molar-refractivity contribution is 5.70. The molecule has 0 aliphatic carbocycles. The quantitative estimate of drug-likeness (QED) is 0.0474. The lowest BCUT2D eigenvalue weighted by atomic mass is 9.91. The van der Waals surface area contributed by atoms with E-state index in [4.69, 9.17) is 0 Å². The van der Waals surface area contributed by atoms with Crippen LogP contribution in [0.25, 0.3) is 0 Å². The van der Waals surface area contributed by atoms with Gasteiger partial charge in [0.1, 0.15) is 0 Å². The standard InChI is InChI=1S/C57H112O3/c1-3-5-7-9-11-13-15-17-19-21-23-25-27-28-29-30-31-32-34-36-38-40-42-44-46-48-50-52-54-56(58)55(57(59)60)53-51-49-47-45-43-41-39-37-35-33-26-24-22-20-18-16-14-12-10-8-6-4-2/h30-31,55-56,58H,3-29,32-54H2,1-2H3,(H,59,60)/b31-30-. The summed E-state index contributed by atoms with van der Waals surface area (Å²) in [5.74, 6) is -1.39. The first-order valence-electron chi connectivity index (χ1n) is 28.2. The predicted molar refractivity (Wildman–Crippen MR) is 268 cm³/mol. The lowest BCUT2D eigenvalue weighted by Gasteiger charge is -2.19. The molecule has 0 saturated carbocycles. The number of unbranched alkanes of at least 4 members (excludes halogenated alkanes) is 45. The monoisotopic (exact) mass is 845 g/mol. The van der Waals surface area contributed by atoms with Crippen molar-refractivity contribution in [3.63, 3.8) is 0 Å². The maximum Gasteiger partial charge on any atom is 0.309 e. The second-order valence-corrected chi connectivity index (χ2v) is 19.7. The van der Waals surface area contributed by atoms with Crippen molar-refractivity contribution < 1.29 is 15.0 Å². The van der Waals surface area contributed by atoms with Gasteiger partial charge in [0.25, 0.3) is 0 Å². The average molecular weight is 846 g/mol. The van der Waals surface area contributed by atoms with Crippen molar-refractivity contribution in [2.24, 2.45) is 5.92 Å². The van der Waals surface area contributed by atoms with Crippen molar-refractivity contribution in [2.75, 3.05) is 0 Å². The van der Waals surface area contributed by atoms with Crippen molar-refractivity contribution in [2.45, 2.75) is 341 Å². The summed E-state index contributed by atoms with van der Waals surface area (Å²) in [7, 11) is 0. The largest absolute Gasteiger partial charge is 0.481 e. The number of hydrogen-bond acceptors (Lipinski definition) is 2. The summed E-state index contributed by atoms with van der Waals surface area (Å²) in [4.78, 5) is 11.9. The molecule has 0 bridgehead atoms. The van der Waals surface area contributed by atoms with Crippen LogP contribution in [0.5, 0.6) is 0 Å². The normalized spacial score (nSPS) is 12.8. The van der Waals surface area contributed by atoms with Gasteiger partial charge in [-0.2, -0.15) is 0 Å². The van der Waals surface area contributed by atoms with E-state index in [1.54, 1.807) is 0 Å². The molecular weight excluding hydrogens is 733 g/mol. The molecule has 0 fully saturated rings. The topological polar surface area (TPSA) is 57.5 Å². The first-order chi connectivity index (χ1) is 29.6. The Hall–Kier alpha value is -0.830. The second-order valence-electron chi connectivity index (χ2n) is 19.7. The number of aliphatic hydroxyl groups is 1. The zero-order valence-electron chi connectivity index (χ0n) is 41.5. The van der Waals surface area contributed by atoms with Crippen LogP contribution in [0.15, 0.2) is 12.2 Å². The van der Waals surface area contributed by atoms with Crippen LogP contribution in [0.1, 0.15) is 335 Å². The van der Waals surface area contributed by atoms with Gasteiger partial charge in [-0.05, 0) is 38.5 Å². The van der Waals surface area contributed by atoms with Crippen LogP contribution in [-0.2, 0) is 4.79 Å². The van der Waals surface area contributed by atoms with E-state index in [2.05, 4.69) is 26.0 Å². The van der Waals surface area contributed by atoms with Crippen LogP contribution in [-0.4, -0.2) is 22.3 Å². The van der Waals surface area contributed by atoms with Crippen molar-refractivity contribution in [1.29, 1.82) is 0 Å². The van der Waals surface area contributed by atoms with Crippen LogP contribution in [0.3, 0.4) is 0 Å². The fourth-order valence-corrected chi connectivity index (χ4v) is 9.38. The third-order valence-corrected chi connectivity index (χ3v) is 13.7. The Morgan fingerprint density at radius 2 is 0.517 bits per heavy atom. The summed E-state index contributed by atoms with van der Waals surface area (Å²) in [5.41, 5.74) is 0. The van der Waals surface area contributed by atoms with Crippen LogP contribution in [0.2, 0.25) is 0 Å². The molecule has 60 heavy (non-hydrogen) atoms. The van der Waals surface area contributed by atoms with Crippen LogP contribution in [0, 0.1) is 5.92 Å². The fraction of sp³-hybridized carbons (Fsp3) is 0.947. The van der Waals surface area contributed by atoms with Crippen LogP contribution < -0.4 is 0 Å². The molecule has 0 aromatic rings. The summed E-state index contributed by atoms with van der Waals surface area (Å²) >= 11 is 0. The van der Waals surface area contributed by atoms with Gasteiger partial charge in [0.05, 0.1) is 12.0 Å². The highest BCUT2D eigenvalue weighted by Gasteiger charge is 2.25. The number of aliphatic carboxylic acids is 1. The Bertz CT molecular complexity index is 822. The maximum atomic E-state index is 11.9. The summed E-state index contributed by atoms with van der Waals surface area (Å²) in [6.45, 7) is 4.60. The van der Waals surface area contributed by atoms with E-state index < -0.39 is 18.0 Å². The number of allylic oxidation sites excluding steroid dienone is 2. The molecule has 0 aromatic carbocycles. The van der Waals surface area contributed by atoms with Gasteiger partial charge >= 0.3 is 5.97 Å². The Morgan fingerprint density at radius 3 is 0.750 bits per heavy atom. The summed E-state index contributed by atoms with van der Waals surface area (Å²) < 4.78 is 0. The van der Waals surface area contributed by atoms with E-state index in [1.165, 1.54) is 283 Å². The van der Waals surface area contributed by atoms with Gasteiger partial charge in [0.15, 0.2) is 0 Å². The molecule has 0 heterocycles. The van der Waals surface area contributed by atoms with Gasteiger partial charge in [0, 0.05) is 0 Å². The Balaban J connectivity index is 3.43. The van der Waals surface area contributed by atoms with Crippen molar-refractivity contribution >= 4 is 5.97 Å². The van der Waals surface area contributed by atoms with Gasteiger partial charge in [-0.25, -0.2) is 0 Å². The van der Waals surface area contributed by atoms with Crippen LogP contribution >= 0.6 is 0 Å². The molecule has 2 unspecified atom stereocenters. The van der Waals surface area contributed by atoms with Gasteiger partial charge in [0.2, 0.25) is 0 Å². The van der Waals surface area contributed by atoms with E-state index in [0.29, 0.717) is 12.8 Å². The molecule has 0 radical (unpaired) electrons. The molecule has 0 amide bonds. The number of rotatable bonds is 53. The van der Waals surface area contributed by atoms with Gasteiger partial charge in [-0.15, -0.1) is 0 Å². The number of carboxylic acid groups (broad SMARTS) is 1. The number of carbonyl (C=O) groups is 1. The number of hydrogen-bond donors (Lipinski definition) is 2. The number of aliphatic hydroxyl groups excluding tert-OH is 1. The third-order valence-electron chi connectivity index (χ3n) is 13.7. The van der Waals surface area contributed by atoms with Crippen molar-refractivity contribution in [3.05, 3.63) is 12.2 Å². The van der Waals surface area contributed by atoms with E-state index in [1.807, 2.05) is 0 Å². The molecule has 3 heteroatoms. The van der Waals surface area contributed by atoms with E-state index >= 15 is 0 Å². The molecule has 0 saturated heterocycles. The first kappa shape index (κ1) is 59.2. The molecule has 358 valence electrons. The van der Waals surface area contributed by atoms with E-state index in [0.717, 1.165) is 25.7 Å². The van der Waals surface area contributed by atoms with E-state index in [9.17, 15) is 15.0 Å². The predicted octanol–water partition coefficient (Wildman–Crippen LogP) is 20.1. The summed E-state index contributed by atoms with van der Waals surface area (Å²) in [6, 6.07) is 0. The lowest BCUT2D eigenvalue weighted by molar-refractivity contribution is -0.146. The smallest absolute Gasteiger partial charge is 0.309 e. The Labute approximate surface area is 378 Å². The summed E-state index contributed by atoms with van der Waals surface area (Å²) in [6.07, 6.45) is 70.8. The Kier molecular flexibility index (Phi) is 51.8. The minimum absolute atomic E-state index is 0.584. The molecule has 0 spiro atoms. The van der Waals surface area contributed by atoms with Crippen molar-refractivity contribution in [1.82, 2.24) is 0 Å². The molecule has 2 atom stereocenters. The lowest BCUT2D eigenvalue weighted by Crippen LogP contribution is -2.28. The zero-order chi connectivity index (χ0) is 43.5. The molecular formula is C57H112O3. The van der Waals surface area contributed by atoms with Gasteiger partial charge in [-0.1, -0.05) is 309 Å². The molecule has 0 rings (SSSR count). The minimum Gasteiger partial charge on any atom is -0.481 e.